The molecule has 1 aromatic carbocycles. The largest absolute Gasteiger partial charge is 1.00 e. The Bertz CT molecular complexity index is 556. The number of fused-ring (bicyclic) bond motifs is 1. The van der Waals surface area contributed by atoms with E-state index < -0.39 is 0 Å². The van der Waals surface area contributed by atoms with Crippen molar-refractivity contribution >= 4 is 10.9 Å². The van der Waals surface area contributed by atoms with E-state index in [0.717, 1.165) is 11.9 Å². The van der Waals surface area contributed by atoms with Crippen LogP contribution in [0.4, 0.5) is 0 Å². The summed E-state index contributed by atoms with van der Waals surface area (Å²) in [5, 5.41) is 10.7. The van der Waals surface area contributed by atoms with Crippen LogP contribution in [-0.2, 0) is 6.54 Å². The van der Waals surface area contributed by atoms with Crippen molar-refractivity contribution in [2.75, 3.05) is 0 Å². The number of aromatic hydroxyl groups is 1. The maximum absolute atomic E-state index is 9.55. The van der Waals surface area contributed by atoms with Crippen molar-refractivity contribution in [1.29, 1.82) is 0 Å². The molecule has 0 saturated carbocycles. The van der Waals surface area contributed by atoms with E-state index >= 15 is 0 Å². The zero-order valence-corrected chi connectivity index (χ0v) is 15.2. The molecule has 3 heteroatoms. The van der Waals surface area contributed by atoms with Crippen LogP contribution in [0.25, 0.3) is 10.9 Å². The standard InChI is InChI=1S/C19H27NO.BrH/c1-2-3-4-5-6-7-8-9-14-20-15-10-11-17-16-18(21)12-13-19(17)20;/h10-13,15-16H,2-9,14H2,1H3;1H. The molecule has 2 aromatic rings. The predicted octanol–water partition coefficient (Wildman–Crippen LogP) is 1.98. The van der Waals surface area contributed by atoms with Gasteiger partial charge < -0.3 is 22.1 Å². The van der Waals surface area contributed by atoms with Gasteiger partial charge in [-0.3, -0.25) is 0 Å². The van der Waals surface area contributed by atoms with Crippen LogP contribution in [0.3, 0.4) is 0 Å². The zero-order valence-electron chi connectivity index (χ0n) is 13.6. The second kappa shape index (κ2) is 10.6. The SMILES string of the molecule is CCCCCCCCCC[n+]1cccc2cc(O)ccc21.[Br-]. The first-order valence-corrected chi connectivity index (χ1v) is 8.42. The molecule has 0 radical (unpaired) electrons. The van der Waals surface area contributed by atoms with Gasteiger partial charge in [-0.1, -0.05) is 45.4 Å². The van der Waals surface area contributed by atoms with Crippen molar-refractivity contribution < 1.29 is 26.7 Å². The molecule has 0 aliphatic rings. The smallest absolute Gasteiger partial charge is 0.212 e. The summed E-state index contributed by atoms with van der Waals surface area (Å²) in [6.07, 6.45) is 12.9. The van der Waals surface area contributed by atoms with Gasteiger partial charge >= 0.3 is 0 Å². The molecule has 122 valence electrons. The summed E-state index contributed by atoms with van der Waals surface area (Å²) in [5.41, 5.74) is 1.21. The first-order valence-electron chi connectivity index (χ1n) is 8.42. The van der Waals surface area contributed by atoms with Crippen LogP contribution in [0.2, 0.25) is 0 Å². The second-order valence-corrected chi connectivity index (χ2v) is 5.92. The van der Waals surface area contributed by atoms with Crippen molar-refractivity contribution in [3.63, 3.8) is 0 Å². The molecule has 0 aliphatic carbocycles. The molecule has 2 nitrogen and oxygen atoms in total. The number of unbranched alkanes of at least 4 members (excludes halogenated alkanes) is 7. The van der Waals surface area contributed by atoms with Gasteiger partial charge in [-0.2, -0.15) is 4.57 Å². The minimum absolute atomic E-state index is 0. The molecule has 2 rings (SSSR count). The van der Waals surface area contributed by atoms with Gasteiger partial charge in [-0.05, 0) is 24.6 Å². The molecule has 0 amide bonds. The fraction of sp³-hybridized carbons (Fsp3) is 0.526. The van der Waals surface area contributed by atoms with Crippen molar-refractivity contribution in [2.45, 2.75) is 64.8 Å². The average molecular weight is 366 g/mol. The predicted molar refractivity (Wildman–Crippen MR) is 88.4 cm³/mol. The highest BCUT2D eigenvalue weighted by Gasteiger charge is 2.08. The lowest BCUT2D eigenvalue weighted by Gasteiger charge is -2.03. The van der Waals surface area contributed by atoms with E-state index in [2.05, 4.69) is 29.8 Å². The summed E-state index contributed by atoms with van der Waals surface area (Å²) in [7, 11) is 0. The highest BCUT2D eigenvalue weighted by molar-refractivity contribution is 5.76. The molecule has 1 N–H and O–H groups in total. The van der Waals surface area contributed by atoms with Gasteiger partial charge in [0.15, 0.2) is 6.20 Å². The zero-order chi connectivity index (χ0) is 14.9. The quantitative estimate of drug-likeness (QED) is 0.533. The van der Waals surface area contributed by atoms with E-state index in [1.54, 1.807) is 6.07 Å². The topological polar surface area (TPSA) is 24.1 Å². The summed E-state index contributed by atoms with van der Waals surface area (Å²) in [4.78, 5) is 0. The normalized spacial score (nSPS) is 10.6. The molecule has 1 aromatic heterocycles. The Kier molecular flexibility index (Phi) is 9.14. The molecule has 0 spiro atoms. The van der Waals surface area contributed by atoms with Gasteiger partial charge in [0.1, 0.15) is 12.3 Å². The third-order valence-electron chi connectivity index (χ3n) is 4.11. The fourth-order valence-electron chi connectivity index (χ4n) is 2.88. The Balaban J connectivity index is 0.00000242. The number of hydrogen-bond acceptors (Lipinski definition) is 1. The summed E-state index contributed by atoms with van der Waals surface area (Å²) < 4.78 is 2.30. The molecule has 1 heterocycles. The number of aromatic nitrogens is 1. The van der Waals surface area contributed by atoms with Crippen LogP contribution in [0, 0.1) is 0 Å². The fourth-order valence-corrected chi connectivity index (χ4v) is 2.88. The number of hydrogen-bond donors (Lipinski definition) is 1. The molecule has 0 atom stereocenters. The van der Waals surface area contributed by atoms with Gasteiger partial charge in [-0.25, -0.2) is 0 Å². The molecule has 0 bridgehead atoms. The highest BCUT2D eigenvalue weighted by Crippen LogP contribution is 2.16. The van der Waals surface area contributed by atoms with Crippen LogP contribution in [0.15, 0.2) is 36.5 Å². The van der Waals surface area contributed by atoms with Crippen molar-refractivity contribution in [3.05, 3.63) is 36.5 Å². The van der Waals surface area contributed by atoms with E-state index in [0.29, 0.717) is 5.75 Å². The number of phenols is 1. The maximum Gasteiger partial charge on any atom is 0.212 e. The Labute approximate surface area is 144 Å². The van der Waals surface area contributed by atoms with Crippen LogP contribution in [0.1, 0.15) is 58.3 Å². The van der Waals surface area contributed by atoms with Crippen LogP contribution >= 0.6 is 0 Å². The molecule has 22 heavy (non-hydrogen) atoms. The van der Waals surface area contributed by atoms with E-state index in [9.17, 15) is 5.11 Å². The van der Waals surface area contributed by atoms with E-state index in [1.165, 1.54) is 56.9 Å². The van der Waals surface area contributed by atoms with E-state index in [-0.39, 0.29) is 17.0 Å². The minimum atomic E-state index is 0. The Hall–Kier alpha value is -1.09. The summed E-state index contributed by atoms with van der Waals surface area (Å²) >= 11 is 0. The summed E-state index contributed by atoms with van der Waals surface area (Å²) in [6.45, 7) is 3.33. The number of pyridine rings is 1. The first-order chi connectivity index (χ1) is 10.3. The molecule has 0 unspecified atom stereocenters. The second-order valence-electron chi connectivity index (χ2n) is 5.92. The third kappa shape index (κ3) is 5.96. The monoisotopic (exact) mass is 365 g/mol. The summed E-state index contributed by atoms with van der Waals surface area (Å²) in [6, 6.07) is 9.73. The Morgan fingerprint density at radius 3 is 2.32 bits per heavy atom. The number of aryl methyl sites for hydroxylation is 1. The van der Waals surface area contributed by atoms with Gasteiger partial charge in [0, 0.05) is 18.6 Å². The third-order valence-corrected chi connectivity index (χ3v) is 4.11. The van der Waals surface area contributed by atoms with Crippen molar-refractivity contribution in [2.24, 2.45) is 0 Å². The minimum Gasteiger partial charge on any atom is -1.00 e. The number of halogens is 1. The van der Waals surface area contributed by atoms with Gasteiger partial charge in [0.25, 0.3) is 0 Å². The van der Waals surface area contributed by atoms with Gasteiger partial charge in [-0.15, -0.1) is 0 Å². The lowest BCUT2D eigenvalue weighted by Crippen LogP contribution is -3.00. The lowest BCUT2D eigenvalue weighted by atomic mass is 10.1. The molecule has 0 fully saturated rings. The van der Waals surface area contributed by atoms with Crippen molar-refractivity contribution in [1.82, 2.24) is 0 Å². The van der Waals surface area contributed by atoms with E-state index in [1.807, 2.05) is 12.1 Å². The van der Waals surface area contributed by atoms with Gasteiger partial charge in [0.05, 0.1) is 5.39 Å². The maximum atomic E-state index is 9.55. The molecular formula is C19H28BrNO. The highest BCUT2D eigenvalue weighted by atomic mass is 79.9. The lowest BCUT2D eigenvalue weighted by molar-refractivity contribution is -0.671. The molecular weight excluding hydrogens is 338 g/mol. The number of benzene rings is 1. The Morgan fingerprint density at radius 1 is 0.909 bits per heavy atom. The Morgan fingerprint density at radius 2 is 1.59 bits per heavy atom. The molecule has 0 aliphatic heterocycles. The number of rotatable bonds is 9. The van der Waals surface area contributed by atoms with Crippen LogP contribution in [-0.4, -0.2) is 5.11 Å². The van der Waals surface area contributed by atoms with Crippen molar-refractivity contribution in [3.8, 4) is 5.75 Å². The average Bonchev–Trinajstić information content (AvgIpc) is 2.49. The van der Waals surface area contributed by atoms with E-state index in [4.69, 9.17) is 0 Å². The number of nitrogens with zero attached hydrogens (tertiary/aromatic N) is 1. The summed E-state index contributed by atoms with van der Waals surface area (Å²) in [5.74, 6) is 0.340. The van der Waals surface area contributed by atoms with Crippen LogP contribution < -0.4 is 21.5 Å². The van der Waals surface area contributed by atoms with Gasteiger partial charge in [0.2, 0.25) is 5.52 Å². The molecule has 0 saturated heterocycles. The number of phenolic OH excluding ortho intramolecular Hbond substituents is 1. The first kappa shape index (κ1) is 19.0. The van der Waals surface area contributed by atoms with Crippen LogP contribution in [0.5, 0.6) is 5.75 Å².